The van der Waals surface area contributed by atoms with Gasteiger partial charge in [0.2, 0.25) is 0 Å². The first kappa shape index (κ1) is 12.6. The molecule has 0 spiro atoms. The third kappa shape index (κ3) is 3.80. The molecule has 17 heavy (non-hydrogen) atoms. The first-order chi connectivity index (χ1) is 8.16. The van der Waals surface area contributed by atoms with Crippen LogP contribution in [0.25, 0.3) is 0 Å². The lowest BCUT2D eigenvalue weighted by atomic mass is 10.1. The maximum Gasteiger partial charge on any atom is 0.0916 e. The summed E-state index contributed by atoms with van der Waals surface area (Å²) in [6, 6.07) is 9.65. The fraction of sp³-hybridized carbons (Fsp3) is 0.571. The molecule has 0 amide bonds. The van der Waals surface area contributed by atoms with Gasteiger partial charge in [0.05, 0.1) is 12.2 Å². The molecular weight excluding hydrogens is 214 g/mol. The van der Waals surface area contributed by atoms with Crippen molar-refractivity contribution in [3.63, 3.8) is 0 Å². The van der Waals surface area contributed by atoms with E-state index in [2.05, 4.69) is 0 Å². The van der Waals surface area contributed by atoms with Gasteiger partial charge in [-0.3, -0.25) is 0 Å². The fourth-order valence-electron chi connectivity index (χ4n) is 2.10. The minimum Gasteiger partial charge on any atom is -0.392 e. The largest absolute Gasteiger partial charge is 0.392 e. The number of hydrogen-bond acceptors (Lipinski definition) is 3. The number of likely N-dealkylation sites (N-methyl/N-ethyl adjacent to an activating group) is 1. The van der Waals surface area contributed by atoms with Crippen LogP contribution in [0, 0.1) is 5.92 Å². The molecule has 1 fully saturated rings. The predicted molar refractivity (Wildman–Crippen MR) is 67.6 cm³/mol. The van der Waals surface area contributed by atoms with Crippen molar-refractivity contribution >= 4 is 0 Å². The van der Waals surface area contributed by atoms with Crippen LogP contribution in [-0.2, 0) is 0 Å². The Bertz CT molecular complexity index is 337. The molecule has 2 rings (SSSR count). The van der Waals surface area contributed by atoms with Crippen LogP contribution < -0.4 is 0 Å². The van der Waals surface area contributed by atoms with Gasteiger partial charge in [-0.15, -0.1) is 0 Å². The zero-order chi connectivity index (χ0) is 12.3. The van der Waals surface area contributed by atoms with Gasteiger partial charge >= 0.3 is 0 Å². The Labute approximate surface area is 103 Å². The Kier molecular flexibility index (Phi) is 4.15. The Morgan fingerprint density at radius 2 is 1.82 bits per heavy atom. The lowest BCUT2D eigenvalue weighted by Gasteiger charge is -2.23. The number of nitrogens with zero attached hydrogens (tertiary/aromatic N) is 1. The van der Waals surface area contributed by atoms with Crippen molar-refractivity contribution < 1.29 is 10.2 Å². The number of benzene rings is 1. The zero-order valence-corrected chi connectivity index (χ0v) is 10.3. The highest BCUT2D eigenvalue weighted by Crippen LogP contribution is 2.32. The maximum absolute atomic E-state index is 10.0. The number of aliphatic hydroxyl groups excluding tert-OH is 2. The van der Waals surface area contributed by atoms with E-state index in [0.717, 1.165) is 18.4 Å². The quantitative estimate of drug-likeness (QED) is 0.784. The standard InChI is InChI=1S/C14H21NO2/c1-15(10-14(17)12-7-8-12)9-13(16)11-5-3-2-4-6-11/h2-6,12-14,16-17H,7-10H2,1H3. The Morgan fingerprint density at radius 3 is 2.41 bits per heavy atom. The van der Waals surface area contributed by atoms with Crippen molar-refractivity contribution in [3.05, 3.63) is 35.9 Å². The van der Waals surface area contributed by atoms with E-state index in [1.54, 1.807) is 0 Å². The second-order valence-corrected chi connectivity index (χ2v) is 5.05. The van der Waals surface area contributed by atoms with Crippen molar-refractivity contribution in [2.45, 2.75) is 25.0 Å². The molecular formula is C14H21NO2. The summed E-state index contributed by atoms with van der Waals surface area (Å²) in [6.07, 6.45) is 1.59. The molecule has 2 atom stereocenters. The van der Waals surface area contributed by atoms with Crippen LogP contribution in [0.5, 0.6) is 0 Å². The third-order valence-electron chi connectivity index (χ3n) is 3.33. The normalized spacial score (nSPS) is 19.3. The number of aliphatic hydroxyl groups is 2. The molecule has 0 aliphatic heterocycles. The second-order valence-electron chi connectivity index (χ2n) is 5.05. The predicted octanol–water partition coefficient (Wildman–Crippen LogP) is 1.42. The summed E-state index contributed by atoms with van der Waals surface area (Å²) in [5.74, 6) is 0.492. The van der Waals surface area contributed by atoms with Crippen LogP contribution in [-0.4, -0.2) is 41.4 Å². The minimum absolute atomic E-state index is 0.233. The van der Waals surface area contributed by atoms with Crippen LogP contribution in [0.2, 0.25) is 0 Å². The Hall–Kier alpha value is -0.900. The number of rotatable bonds is 6. The number of hydrogen-bond donors (Lipinski definition) is 2. The third-order valence-corrected chi connectivity index (χ3v) is 3.33. The molecule has 0 saturated heterocycles. The molecule has 1 aromatic carbocycles. The molecule has 1 saturated carbocycles. The van der Waals surface area contributed by atoms with Crippen molar-refractivity contribution in [2.24, 2.45) is 5.92 Å². The lowest BCUT2D eigenvalue weighted by molar-refractivity contribution is 0.0733. The molecule has 1 aliphatic carbocycles. The van der Waals surface area contributed by atoms with Gasteiger partial charge in [0.1, 0.15) is 0 Å². The van der Waals surface area contributed by atoms with Gasteiger partial charge in [-0.05, 0) is 31.4 Å². The first-order valence-corrected chi connectivity index (χ1v) is 6.26. The lowest BCUT2D eigenvalue weighted by Crippen LogP contribution is -2.33. The van der Waals surface area contributed by atoms with E-state index in [4.69, 9.17) is 0 Å². The smallest absolute Gasteiger partial charge is 0.0916 e. The summed E-state index contributed by atoms with van der Waals surface area (Å²) in [7, 11) is 1.94. The maximum atomic E-state index is 10.0. The zero-order valence-electron chi connectivity index (χ0n) is 10.3. The molecule has 2 unspecified atom stereocenters. The van der Waals surface area contributed by atoms with Gasteiger partial charge in [0.15, 0.2) is 0 Å². The Morgan fingerprint density at radius 1 is 1.18 bits per heavy atom. The minimum atomic E-state index is -0.479. The van der Waals surface area contributed by atoms with Crippen LogP contribution >= 0.6 is 0 Å². The molecule has 94 valence electrons. The van der Waals surface area contributed by atoms with Crippen LogP contribution in [0.15, 0.2) is 30.3 Å². The summed E-state index contributed by atoms with van der Waals surface area (Å²) in [5, 5.41) is 19.9. The summed E-state index contributed by atoms with van der Waals surface area (Å²) >= 11 is 0. The monoisotopic (exact) mass is 235 g/mol. The van der Waals surface area contributed by atoms with Gasteiger partial charge < -0.3 is 15.1 Å². The summed E-state index contributed by atoms with van der Waals surface area (Å²) in [4.78, 5) is 2.00. The summed E-state index contributed by atoms with van der Waals surface area (Å²) < 4.78 is 0. The van der Waals surface area contributed by atoms with Gasteiger partial charge in [-0.2, -0.15) is 0 Å². The van der Waals surface area contributed by atoms with Crippen molar-refractivity contribution in [1.82, 2.24) is 4.90 Å². The van der Waals surface area contributed by atoms with E-state index >= 15 is 0 Å². The van der Waals surface area contributed by atoms with Crippen LogP contribution in [0.1, 0.15) is 24.5 Å². The molecule has 0 heterocycles. The highest BCUT2D eigenvalue weighted by Gasteiger charge is 2.30. The van der Waals surface area contributed by atoms with E-state index in [-0.39, 0.29) is 6.10 Å². The van der Waals surface area contributed by atoms with Gasteiger partial charge in [-0.25, -0.2) is 0 Å². The fourth-order valence-corrected chi connectivity index (χ4v) is 2.10. The van der Waals surface area contributed by atoms with Crippen molar-refractivity contribution in [3.8, 4) is 0 Å². The topological polar surface area (TPSA) is 43.7 Å². The van der Waals surface area contributed by atoms with E-state index in [0.29, 0.717) is 19.0 Å². The molecule has 2 N–H and O–H groups in total. The van der Waals surface area contributed by atoms with Gasteiger partial charge in [0, 0.05) is 13.1 Å². The highest BCUT2D eigenvalue weighted by molar-refractivity contribution is 5.17. The average Bonchev–Trinajstić information content (AvgIpc) is 3.13. The van der Waals surface area contributed by atoms with Gasteiger partial charge in [0.25, 0.3) is 0 Å². The van der Waals surface area contributed by atoms with E-state index < -0.39 is 6.10 Å². The SMILES string of the molecule is CN(CC(O)c1ccccc1)CC(O)C1CC1. The van der Waals surface area contributed by atoms with Crippen LogP contribution in [0.4, 0.5) is 0 Å². The molecule has 0 radical (unpaired) electrons. The molecule has 1 aromatic rings. The second kappa shape index (κ2) is 5.63. The molecule has 3 nitrogen and oxygen atoms in total. The average molecular weight is 235 g/mol. The Balaban J connectivity index is 1.79. The van der Waals surface area contributed by atoms with Crippen LogP contribution in [0.3, 0.4) is 0 Å². The molecule has 0 bridgehead atoms. The van der Waals surface area contributed by atoms with Crippen molar-refractivity contribution in [2.75, 3.05) is 20.1 Å². The summed E-state index contributed by atoms with van der Waals surface area (Å²) in [5.41, 5.74) is 0.931. The highest BCUT2D eigenvalue weighted by atomic mass is 16.3. The molecule has 0 aromatic heterocycles. The first-order valence-electron chi connectivity index (χ1n) is 6.26. The summed E-state index contributed by atoms with van der Waals surface area (Å²) in [6.45, 7) is 1.21. The van der Waals surface area contributed by atoms with Gasteiger partial charge in [-0.1, -0.05) is 30.3 Å². The molecule has 3 heteroatoms. The van der Waals surface area contributed by atoms with E-state index in [1.165, 1.54) is 0 Å². The van der Waals surface area contributed by atoms with E-state index in [9.17, 15) is 10.2 Å². The van der Waals surface area contributed by atoms with Crippen molar-refractivity contribution in [1.29, 1.82) is 0 Å². The van der Waals surface area contributed by atoms with E-state index in [1.807, 2.05) is 42.3 Å². The molecule has 1 aliphatic rings.